The van der Waals surface area contributed by atoms with Crippen molar-refractivity contribution in [3.63, 3.8) is 0 Å². The molecule has 0 aliphatic carbocycles. The minimum absolute atomic E-state index is 0.195. The molecule has 0 bridgehead atoms. The van der Waals surface area contributed by atoms with Gasteiger partial charge >= 0.3 is 0 Å². The van der Waals surface area contributed by atoms with E-state index >= 15 is 0 Å². The quantitative estimate of drug-likeness (QED) is 0.768. The van der Waals surface area contributed by atoms with Crippen LogP contribution in [0.2, 0.25) is 15.1 Å². The number of nitriles is 1. The van der Waals surface area contributed by atoms with Crippen LogP contribution in [0.1, 0.15) is 5.69 Å². The van der Waals surface area contributed by atoms with E-state index in [2.05, 4.69) is 4.98 Å². The Kier molecular flexibility index (Phi) is 3.54. The van der Waals surface area contributed by atoms with E-state index in [0.29, 0.717) is 15.1 Å². The van der Waals surface area contributed by atoms with Gasteiger partial charge in [-0.2, -0.15) is 5.26 Å². The number of hydrogen-bond donors (Lipinski definition) is 0. The second kappa shape index (κ2) is 4.93. The van der Waals surface area contributed by atoms with E-state index in [9.17, 15) is 0 Å². The molecule has 0 unspecified atom stereocenters. The van der Waals surface area contributed by atoms with Gasteiger partial charge in [-0.25, -0.2) is 4.98 Å². The van der Waals surface area contributed by atoms with Crippen molar-refractivity contribution in [2.45, 2.75) is 0 Å². The van der Waals surface area contributed by atoms with Gasteiger partial charge in [0.1, 0.15) is 6.07 Å². The molecular formula is C12H5Cl3N2. The van der Waals surface area contributed by atoms with Crippen LogP contribution in [-0.4, -0.2) is 4.98 Å². The van der Waals surface area contributed by atoms with Crippen molar-refractivity contribution in [3.05, 3.63) is 51.2 Å². The number of nitrogens with zero attached hydrogens (tertiary/aromatic N) is 2. The molecule has 1 heterocycles. The first kappa shape index (κ1) is 12.2. The van der Waals surface area contributed by atoms with Crippen LogP contribution in [-0.2, 0) is 0 Å². The fraction of sp³-hybridized carbons (Fsp3) is 0. The van der Waals surface area contributed by atoms with E-state index < -0.39 is 0 Å². The normalized spacial score (nSPS) is 10.0. The lowest BCUT2D eigenvalue weighted by atomic mass is 10.1. The number of aromatic nitrogens is 1. The summed E-state index contributed by atoms with van der Waals surface area (Å²) in [4.78, 5) is 3.95. The molecule has 2 nitrogen and oxygen atoms in total. The number of rotatable bonds is 1. The van der Waals surface area contributed by atoms with Gasteiger partial charge in [-0.1, -0.05) is 40.9 Å². The summed E-state index contributed by atoms with van der Waals surface area (Å²) in [5, 5.41) is 10.1. The molecule has 0 atom stereocenters. The Balaban J connectivity index is 2.54. The van der Waals surface area contributed by atoms with Gasteiger partial charge in [0.05, 0.1) is 5.02 Å². The van der Waals surface area contributed by atoms with Gasteiger partial charge in [0.2, 0.25) is 0 Å². The van der Waals surface area contributed by atoms with Gasteiger partial charge in [-0.05, 0) is 18.2 Å². The molecule has 1 aromatic heterocycles. The Morgan fingerprint density at radius 3 is 2.41 bits per heavy atom. The maximum Gasteiger partial charge on any atom is 0.159 e. The predicted molar refractivity (Wildman–Crippen MR) is 69.4 cm³/mol. The predicted octanol–water partition coefficient (Wildman–Crippen LogP) is 4.58. The number of halogens is 3. The molecule has 0 aliphatic heterocycles. The third-order valence-electron chi connectivity index (χ3n) is 2.19. The Morgan fingerprint density at radius 1 is 1.06 bits per heavy atom. The molecular weight excluding hydrogens is 279 g/mol. The minimum Gasteiger partial charge on any atom is -0.243 e. The molecule has 0 fully saturated rings. The van der Waals surface area contributed by atoms with Gasteiger partial charge < -0.3 is 0 Å². The highest BCUT2D eigenvalue weighted by molar-refractivity contribution is 6.36. The highest BCUT2D eigenvalue weighted by Gasteiger charge is 2.08. The third-order valence-corrected chi connectivity index (χ3v) is 3.03. The lowest BCUT2D eigenvalue weighted by molar-refractivity contribution is 1.26. The van der Waals surface area contributed by atoms with E-state index in [1.807, 2.05) is 6.07 Å². The van der Waals surface area contributed by atoms with Crippen LogP contribution in [0.25, 0.3) is 11.1 Å². The largest absolute Gasteiger partial charge is 0.243 e. The van der Waals surface area contributed by atoms with Gasteiger partial charge in [-0.3, -0.25) is 0 Å². The number of hydrogen-bond acceptors (Lipinski definition) is 2. The van der Waals surface area contributed by atoms with Crippen molar-refractivity contribution in [2.24, 2.45) is 0 Å². The van der Waals surface area contributed by atoms with Crippen molar-refractivity contribution in [1.82, 2.24) is 4.98 Å². The summed E-state index contributed by atoms with van der Waals surface area (Å²) in [7, 11) is 0. The summed E-state index contributed by atoms with van der Waals surface area (Å²) in [6.45, 7) is 0. The smallest absolute Gasteiger partial charge is 0.159 e. The molecule has 5 heteroatoms. The fourth-order valence-corrected chi connectivity index (χ4v) is 2.12. The van der Waals surface area contributed by atoms with Crippen LogP contribution in [0, 0.1) is 11.3 Å². The van der Waals surface area contributed by atoms with E-state index in [-0.39, 0.29) is 5.69 Å². The SMILES string of the molecule is N#Cc1ncc(-c2ccc(Cl)cc2Cl)cc1Cl. The molecule has 0 N–H and O–H groups in total. The molecule has 84 valence electrons. The average Bonchev–Trinajstić information content (AvgIpc) is 2.29. The molecule has 0 spiro atoms. The van der Waals surface area contributed by atoms with Crippen LogP contribution in [0.4, 0.5) is 0 Å². The van der Waals surface area contributed by atoms with Crippen LogP contribution in [0.5, 0.6) is 0 Å². The first-order chi connectivity index (χ1) is 8.11. The average molecular weight is 284 g/mol. The first-order valence-corrected chi connectivity index (χ1v) is 5.76. The van der Waals surface area contributed by atoms with Gasteiger partial charge in [0.25, 0.3) is 0 Å². The molecule has 17 heavy (non-hydrogen) atoms. The molecule has 2 aromatic rings. The van der Waals surface area contributed by atoms with E-state index in [1.165, 1.54) is 0 Å². The molecule has 2 rings (SSSR count). The Bertz CT molecular complexity index is 618. The zero-order chi connectivity index (χ0) is 12.4. The van der Waals surface area contributed by atoms with Crippen molar-refractivity contribution in [2.75, 3.05) is 0 Å². The molecule has 0 aliphatic rings. The van der Waals surface area contributed by atoms with Crippen LogP contribution in [0.15, 0.2) is 30.5 Å². The topological polar surface area (TPSA) is 36.7 Å². The molecule has 0 saturated carbocycles. The Labute approximate surface area is 113 Å². The lowest BCUT2D eigenvalue weighted by Crippen LogP contribution is -1.87. The second-order valence-electron chi connectivity index (χ2n) is 3.29. The summed E-state index contributed by atoms with van der Waals surface area (Å²) in [6, 6.07) is 8.71. The summed E-state index contributed by atoms with van der Waals surface area (Å²) < 4.78 is 0. The number of benzene rings is 1. The second-order valence-corrected chi connectivity index (χ2v) is 4.54. The minimum atomic E-state index is 0.195. The molecule has 0 amide bonds. The summed E-state index contributed by atoms with van der Waals surface area (Å²) in [5.74, 6) is 0. The van der Waals surface area contributed by atoms with E-state index in [4.69, 9.17) is 40.1 Å². The maximum absolute atomic E-state index is 8.73. The fourth-order valence-electron chi connectivity index (χ4n) is 1.39. The van der Waals surface area contributed by atoms with Gasteiger partial charge in [0, 0.05) is 27.4 Å². The van der Waals surface area contributed by atoms with Gasteiger partial charge in [-0.15, -0.1) is 0 Å². The monoisotopic (exact) mass is 282 g/mol. The van der Waals surface area contributed by atoms with Crippen molar-refractivity contribution in [3.8, 4) is 17.2 Å². The Morgan fingerprint density at radius 2 is 1.82 bits per heavy atom. The van der Waals surface area contributed by atoms with Crippen molar-refractivity contribution >= 4 is 34.8 Å². The molecule has 0 radical (unpaired) electrons. The van der Waals surface area contributed by atoms with Crippen LogP contribution < -0.4 is 0 Å². The summed E-state index contributed by atoms with van der Waals surface area (Å²) >= 11 is 17.8. The zero-order valence-corrected chi connectivity index (χ0v) is 10.7. The number of pyridine rings is 1. The first-order valence-electron chi connectivity index (χ1n) is 4.63. The van der Waals surface area contributed by atoms with Gasteiger partial charge in [0.15, 0.2) is 5.69 Å². The third kappa shape index (κ3) is 2.53. The lowest BCUT2D eigenvalue weighted by Gasteiger charge is -2.05. The van der Waals surface area contributed by atoms with E-state index in [1.54, 1.807) is 30.5 Å². The standard InChI is InChI=1S/C12H5Cl3N2/c13-8-1-2-9(10(14)4-8)7-3-11(15)12(5-16)17-6-7/h1-4,6H. The highest BCUT2D eigenvalue weighted by atomic mass is 35.5. The van der Waals surface area contributed by atoms with Crippen molar-refractivity contribution in [1.29, 1.82) is 5.26 Å². The molecule has 0 saturated heterocycles. The van der Waals surface area contributed by atoms with Crippen molar-refractivity contribution < 1.29 is 0 Å². The van der Waals surface area contributed by atoms with E-state index in [0.717, 1.165) is 11.1 Å². The molecule has 1 aromatic carbocycles. The Hall–Kier alpha value is -1.27. The van der Waals surface area contributed by atoms with Crippen LogP contribution >= 0.6 is 34.8 Å². The summed E-state index contributed by atoms with van der Waals surface area (Å²) in [5.41, 5.74) is 1.71. The maximum atomic E-state index is 8.73. The van der Waals surface area contributed by atoms with Crippen LogP contribution in [0.3, 0.4) is 0 Å². The highest BCUT2D eigenvalue weighted by Crippen LogP contribution is 2.31. The summed E-state index contributed by atoms with van der Waals surface area (Å²) in [6.07, 6.45) is 1.56. The zero-order valence-electron chi connectivity index (χ0n) is 8.42.